The van der Waals surface area contributed by atoms with E-state index in [4.69, 9.17) is 5.11 Å². The molecule has 0 aliphatic heterocycles. The Hall–Kier alpha value is -2.56. The molecule has 0 saturated carbocycles. The van der Waals surface area contributed by atoms with Gasteiger partial charge in [0.15, 0.2) is 0 Å². The standard InChI is InChI=1S/C14H13NO4/c1-9-7-11-8-10(4-6-13(16)19-2)3-5-12(11)15(9)14(17)18/h3-8H,1-2H3,(H,17,18). The summed E-state index contributed by atoms with van der Waals surface area (Å²) in [4.78, 5) is 22.1. The van der Waals surface area contributed by atoms with Gasteiger partial charge in [0.2, 0.25) is 0 Å². The van der Waals surface area contributed by atoms with E-state index in [1.165, 1.54) is 17.8 Å². The maximum atomic E-state index is 11.1. The number of aromatic nitrogens is 1. The molecule has 2 rings (SSSR count). The molecule has 0 aliphatic carbocycles. The van der Waals surface area contributed by atoms with Crippen LogP contribution >= 0.6 is 0 Å². The largest absolute Gasteiger partial charge is 0.466 e. The van der Waals surface area contributed by atoms with Crippen molar-refractivity contribution in [3.63, 3.8) is 0 Å². The summed E-state index contributed by atoms with van der Waals surface area (Å²) in [7, 11) is 1.31. The fraction of sp³-hybridized carbons (Fsp3) is 0.143. The molecule has 98 valence electrons. The second-order valence-corrected chi connectivity index (χ2v) is 4.08. The average molecular weight is 259 g/mol. The molecule has 0 fully saturated rings. The van der Waals surface area contributed by atoms with Crippen LogP contribution in [0.5, 0.6) is 0 Å². The number of methoxy groups -OCH3 is 1. The number of esters is 1. The number of benzene rings is 1. The Morgan fingerprint density at radius 1 is 1.32 bits per heavy atom. The molecule has 0 bridgehead atoms. The summed E-state index contributed by atoms with van der Waals surface area (Å²) >= 11 is 0. The van der Waals surface area contributed by atoms with Crippen LogP contribution in [0.4, 0.5) is 4.79 Å². The van der Waals surface area contributed by atoms with Crippen molar-refractivity contribution in [2.75, 3.05) is 7.11 Å². The van der Waals surface area contributed by atoms with E-state index in [0.29, 0.717) is 11.2 Å². The second kappa shape index (κ2) is 4.97. The molecule has 0 aliphatic rings. The summed E-state index contributed by atoms with van der Waals surface area (Å²) in [6.45, 7) is 1.73. The quantitative estimate of drug-likeness (QED) is 0.665. The number of rotatable bonds is 2. The number of fused-ring (bicyclic) bond motifs is 1. The topological polar surface area (TPSA) is 68.5 Å². The first-order chi connectivity index (χ1) is 9.02. The number of hydrogen-bond acceptors (Lipinski definition) is 3. The molecule has 5 nitrogen and oxygen atoms in total. The third-order valence-electron chi connectivity index (χ3n) is 2.81. The van der Waals surface area contributed by atoms with E-state index in [2.05, 4.69) is 4.74 Å². The summed E-state index contributed by atoms with van der Waals surface area (Å²) < 4.78 is 5.73. The zero-order valence-corrected chi connectivity index (χ0v) is 10.6. The van der Waals surface area contributed by atoms with E-state index in [9.17, 15) is 9.59 Å². The molecule has 0 spiro atoms. The first-order valence-electron chi connectivity index (χ1n) is 5.64. The minimum atomic E-state index is -1.01. The zero-order valence-electron chi connectivity index (χ0n) is 10.6. The second-order valence-electron chi connectivity index (χ2n) is 4.08. The van der Waals surface area contributed by atoms with Crippen molar-refractivity contribution >= 4 is 29.0 Å². The minimum absolute atomic E-state index is 0.431. The van der Waals surface area contributed by atoms with Crippen molar-refractivity contribution < 1.29 is 19.4 Å². The van der Waals surface area contributed by atoms with Gasteiger partial charge < -0.3 is 9.84 Å². The van der Waals surface area contributed by atoms with E-state index >= 15 is 0 Å². The lowest BCUT2D eigenvalue weighted by molar-refractivity contribution is -0.134. The smallest absolute Gasteiger partial charge is 0.416 e. The number of hydrogen-bond donors (Lipinski definition) is 1. The Balaban J connectivity index is 2.45. The van der Waals surface area contributed by atoms with Crippen LogP contribution in [-0.4, -0.2) is 28.8 Å². The lowest BCUT2D eigenvalue weighted by Gasteiger charge is -2.00. The third-order valence-corrected chi connectivity index (χ3v) is 2.81. The molecule has 1 N–H and O–H groups in total. The van der Waals surface area contributed by atoms with Crippen LogP contribution in [0.3, 0.4) is 0 Å². The molecular weight excluding hydrogens is 246 g/mol. The van der Waals surface area contributed by atoms with E-state index in [0.717, 1.165) is 10.9 Å². The number of nitrogens with zero attached hydrogens (tertiary/aromatic N) is 1. The molecular formula is C14H13NO4. The van der Waals surface area contributed by atoms with Gasteiger partial charge in [-0.25, -0.2) is 9.59 Å². The Kier molecular flexibility index (Phi) is 3.37. The van der Waals surface area contributed by atoms with Gasteiger partial charge in [-0.2, -0.15) is 0 Å². The summed E-state index contributed by atoms with van der Waals surface area (Å²) in [5, 5.41) is 9.93. The summed E-state index contributed by atoms with van der Waals surface area (Å²) in [5.41, 5.74) is 2.08. The highest BCUT2D eigenvalue weighted by atomic mass is 16.5. The summed E-state index contributed by atoms with van der Waals surface area (Å²) in [5.74, 6) is -0.431. The molecule has 1 aromatic carbocycles. The highest BCUT2D eigenvalue weighted by Gasteiger charge is 2.10. The molecule has 0 amide bonds. The van der Waals surface area contributed by atoms with Gasteiger partial charge in [-0.1, -0.05) is 6.07 Å². The first-order valence-corrected chi connectivity index (χ1v) is 5.64. The lowest BCUT2D eigenvalue weighted by atomic mass is 10.1. The number of aryl methyl sites for hydroxylation is 1. The van der Waals surface area contributed by atoms with Crippen LogP contribution in [-0.2, 0) is 9.53 Å². The number of carbonyl (C=O) groups excluding carboxylic acids is 1. The molecule has 5 heteroatoms. The summed E-state index contributed by atoms with van der Waals surface area (Å²) in [6.07, 6.45) is 1.94. The van der Waals surface area contributed by atoms with Crippen LogP contribution < -0.4 is 0 Å². The molecule has 0 unspecified atom stereocenters. The van der Waals surface area contributed by atoms with Crippen LogP contribution in [0, 0.1) is 6.92 Å². The van der Waals surface area contributed by atoms with Crippen molar-refractivity contribution in [2.45, 2.75) is 6.92 Å². The summed E-state index contributed by atoms with van der Waals surface area (Å²) in [6, 6.07) is 7.08. The Bertz CT molecular complexity index is 682. The van der Waals surface area contributed by atoms with Gasteiger partial charge in [-0.15, -0.1) is 0 Å². The van der Waals surface area contributed by atoms with Gasteiger partial charge in [0.25, 0.3) is 0 Å². The SMILES string of the molecule is COC(=O)C=Cc1ccc2c(c1)cc(C)n2C(=O)O. The molecule has 1 heterocycles. The Labute approximate surface area is 109 Å². The van der Waals surface area contributed by atoms with Crippen molar-refractivity contribution in [1.29, 1.82) is 0 Å². The van der Waals surface area contributed by atoms with Gasteiger partial charge in [0, 0.05) is 17.2 Å². The van der Waals surface area contributed by atoms with Gasteiger partial charge in [0.05, 0.1) is 12.6 Å². The van der Waals surface area contributed by atoms with Crippen molar-refractivity contribution in [3.8, 4) is 0 Å². The predicted molar refractivity (Wildman–Crippen MR) is 71.1 cm³/mol. The van der Waals surface area contributed by atoms with Crippen molar-refractivity contribution in [3.05, 3.63) is 41.6 Å². The molecule has 19 heavy (non-hydrogen) atoms. The fourth-order valence-corrected chi connectivity index (χ4v) is 1.96. The van der Waals surface area contributed by atoms with Crippen molar-refractivity contribution in [1.82, 2.24) is 4.57 Å². The van der Waals surface area contributed by atoms with Crippen LogP contribution in [0.2, 0.25) is 0 Å². The number of ether oxygens (including phenoxy) is 1. The van der Waals surface area contributed by atoms with E-state index in [1.54, 1.807) is 31.2 Å². The Morgan fingerprint density at radius 2 is 2.05 bits per heavy atom. The fourth-order valence-electron chi connectivity index (χ4n) is 1.96. The van der Waals surface area contributed by atoms with E-state index < -0.39 is 12.1 Å². The highest BCUT2D eigenvalue weighted by molar-refractivity contribution is 5.92. The van der Waals surface area contributed by atoms with Gasteiger partial charge in [-0.05, 0) is 36.8 Å². The van der Waals surface area contributed by atoms with Gasteiger partial charge in [0.1, 0.15) is 0 Å². The first kappa shape index (κ1) is 12.9. The number of carboxylic acid groups (broad SMARTS) is 1. The normalized spacial score (nSPS) is 11.1. The molecule has 0 radical (unpaired) electrons. The maximum absolute atomic E-state index is 11.1. The van der Waals surface area contributed by atoms with E-state index in [-0.39, 0.29) is 0 Å². The molecule has 2 aromatic rings. The molecule has 1 aromatic heterocycles. The van der Waals surface area contributed by atoms with Crippen LogP contribution in [0.15, 0.2) is 30.3 Å². The average Bonchev–Trinajstić information content (AvgIpc) is 2.70. The minimum Gasteiger partial charge on any atom is -0.466 e. The maximum Gasteiger partial charge on any atom is 0.416 e. The molecule has 0 saturated heterocycles. The third kappa shape index (κ3) is 2.49. The Morgan fingerprint density at radius 3 is 2.68 bits per heavy atom. The van der Waals surface area contributed by atoms with Crippen molar-refractivity contribution in [2.24, 2.45) is 0 Å². The highest BCUT2D eigenvalue weighted by Crippen LogP contribution is 2.21. The van der Waals surface area contributed by atoms with E-state index in [1.807, 2.05) is 6.07 Å². The van der Waals surface area contributed by atoms with Gasteiger partial charge in [-0.3, -0.25) is 4.57 Å². The monoisotopic (exact) mass is 259 g/mol. The van der Waals surface area contributed by atoms with Crippen LogP contribution in [0.25, 0.3) is 17.0 Å². The van der Waals surface area contributed by atoms with Gasteiger partial charge >= 0.3 is 12.1 Å². The molecule has 0 atom stereocenters. The number of carbonyl (C=O) groups is 2. The zero-order chi connectivity index (χ0) is 14.0. The predicted octanol–water partition coefficient (Wildman–Crippen LogP) is 2.66. The van der Waals surface area contributed by atoms with Crippen LogP contribution in [0.1, 0.15) is 11.3 Å². The lowest BCUT2D eigenvalue weighted by Crippen LogP contribution is -2.08.